The second-order valence-corrected chi connectivity index (χ2v) is 4.88. The summed E-state index contributed by atoms with van der Waals surface area (Å²) in [6.45, 7) is 6.09. The molecular formula is C15H23NO3. The van der Waals surface area contributed by atoms with E-state index in [4.69, 9.17) is 9.47 Å². The fraction of sp³-hybridized carbons (Fsp3) is 0.533. The predicted molar refractivity (Wildman–Crippen MR) is 75.3 cm³/mol. The van der Waals surface area contributed by atoms with Crippen molar-refractivity contribution in [2.24, 2.45) is 0 Å². The van der Waals surface area contributed by atoms with Gasteiger partial charge in [-0.25, -0.2) is 0 Å². The van der Waals surface area contributed by atoms with Crippen LogP contribution >= 0.6 is 0 Å². The lowest BCUT2D eigenvalue weighted by atomic mass is 10.0. The molecule has 4 nitrogen and oxygen atoms in total. The van der Waals surface area contributed by atoms with E-state index in [1.54, 1.807) is 14.2 Å². The SMILES string of the molecule is COC(OC)C(C)NC(=O)c1ccc(C(C)C)cc1. The Hall–Kier alpha value is -1.39. The maximum atomic E-state index is 12.1. The first-order valence-electron chi connectivity index (χ1n) is 6.46. The summed E-state index contributed by atoms with van der Waals surface area (Å²) in [7, 11) is 3.10. The molecule has 106 valence electrons. The van der Waals surface area contributed by atoms with E-state index in [-0.39, 0.29) is 11.9 Å². The number of carbonyl (C=O) groups excluding carboxylic acids is 1. The average Bonchev–Trinajstić information content (AvgIpc) is 2.40. The van der Waals surface area contributed by atoms with E-state index < -0.39 is 6.29 Å². The second-order valence-electron chi connectivity index (χ2n) is 4.88. The molecule has 1 aromatic carbocycles. The molecule has 1 amide bonds. The molecule has 0 spiro atoms. The number of amides is 1. The lowest BCUT2D eigenvalue weighted by molar-refractivity contribution is -0.117. The fourth-order valence-electron chi connectivity index (χ4n) is 1.88. The second kappa shape index (κ2) is 7.26. The van der Waals surface area contributed by atoms with Crippen molar-refractivity contribution in [2.45, 2.75) is 39.0 Å². The van der Waals surface area contributed by atoms with Crippen LogP contribution in [0.5, 0.6) is 0 Å². The van der Waals surface area contributed by atoms with Gasteiger partial charge in [0.15, 0.2) is 6.29 Å². The first-order valence-corrected chi connectivity index (χ1v) is 6.46. The van der Waals surface area contributed by atoms with Crippen molar-refractivity contribution in [2.75, 3.05) is 14.2 Å². The number of hydrogen-bond donors (Lipinski definition) is 1. The molecule has 0 saturated carbocycles. The smallest absolute Gasteiger partial charge is 0.251 e. The van der Waals surface area contributed by atoms with Gasteiger partial charge in [-0.2, -0.15) is 0 Å². The van der Waals surface area contributed by atoms with Crippen LogP contribution in [-0.4, -0.2) is 32.5 Å². The lowest BCUT2D eigenvalue weighted by Crippen LogP contribution is -2.42. The molecule has 1 atom stereocenters. The summed E-state index contributed by atoms with van der Waals surface area (Å²) in [5.41, 5.74) is 1.86. The molecule has 4 heteroatoms. The number of rotatable bonds is 6. The number of hydrogen-bond acceptors (Lipinski definition) is 3. The van der Waals surface area contributed by atoms with Crippen LogP contribution in [0.3, 0.4) is 0 Å². The van der Waals surface area contributed by atoms with Crippen LogP contribution in [0.1, 0.15) is 42.6 Å². The molecular weight excluding hydrogens is 242 g/mol. The van der Waals surface area contributed by atoms with E-state index in [0.29, 0.717) is 11.5 Å². The monoisotopic (exact) mass is 265 g/mol. The summed E-state index contributed by atoms with van der Waals surface area (Å²) in [6, 6.07) is 7.42. The summed E-state index contributed by atoms with van der Waals surface area (Å²) < 4.78 is 10.2. The molecule has 0 fully saturated rings. The van der Waals surface area contributed by atoms with Crippen molar-refractivity contribution in [3.05, 3.63) is 35.4 Å². The Labute approximate surface area is 115 Å². The van der Waals surface area contributed by atoms with Crippen molar-refractivity contribution < 1.29 is 14.3 Å². The van der Waals surface area contributed by atoms with Gasteiger partial charge in [-0.05, 0) is 30.5 Å². The van der Waals surface area contributed by atoms with Crippen molar-refractivity contribution in [1.29, 1.82) is 0 Å². The molecule has 1 rings (SSSR count). The zero-order valence-corrected chi connectivity index (χ0v) is 12.3. The summed E-state index contributed by atoms with van der Waals surface area (Å²) in [6.07, 6.45) is -0.445. The van der Waals surface area contributed by atoms with Crippen LogP contribution in [0, 0.1) is 0 Å². The van der Waals surface area contributed by atoms with Crippen LogP contribution in [0.15, 0.2) is 24.3 Å². The number of benzene rings is 1. The molecule has 0 aromatic heterocycles. The van der Waals surface area contributed by atoms with E-state index in [9.17, 15) is 4.79 Å². The highest BCUT2D eigenvalue weighted by atomic mass is 16.7. The third-order valence-corrected chi connectivity index (χ3v) is 3.07. The Balaban J connectivity index is 2.67. The highest BCUT2D eigenvalue weighted by Gasteiger charge is 2.18. The largest absolute Gasteiger partial charge is 0.354 e. The molecule has 19 heavy (non-hydrogen) atoms. The normalized spacial score (nSPS) is 12.8. The Morgan fingerprint density at radius 2 is 1.58 bits per heavy atom. The minimum absolute atomic E-state index is 0.123. The molecule has 0 bridgehead atoms. The maximum Gasteiger partial charge on any atom is 0.251 e. The molecule has 0 saturated heterocycles. The molecule has 0 aliphatic rings. The van der Waals surface area contributed by atoms with Crippen LogP contribution in [0.4, 0.5) is 0 Å². The summed E-state index contributed by atoms with van der Waals surface area (Å²) in [4.78, 5) is 12.1. The summed E-state index contributed by atoms with van der Waals surface area (Å²) >= 11 is 0. The van der Waals surface area contributed by atoms with E-state index in [0.717, 1.165) is 0 Å². The van der Waals surface area contributed by atoms with E-state index >= 15 is 0 Å². The van der Waals surface area contributed by atoms with Gasteiger partial charge in [0, 0.05) is 19.8 Å². The number of methoxy groups -OCH3 is 2. The van der Waals surface area contributed by atoms with Gasteiger partial charge in [0.25, 0.3) is 5.91 Å². The van der Waals surface area contributed by atoms with Crippen molar-refractivity contribution in [3.8, 4) is 0 Å². The molecule has 1 N–H and O–H groups in total. The van der Waals surface area contributed by atoms with Crippen LogP contribution in [-0.2, 0) is 9.47 Å². The van der Waals surface area contributed by atoms with Crippen LogP contribution in [0.25, 0.3) is 0 Å². The number of carbonyl (C=O) groups is 1. The molecule has 0 radical (unpaired) electrons. The van der Waals surface area contributed by atoms with Gasteiger partial charge in [-0.15, -0.1) is 0 Å². The van der Waals surface area contributed by atoms with Gasteiger partial charge in [0.1, 0.15) is 0 Å². The van der Waals surface area contributed by atoms with Crippen molar-refractivity contribution in [3.63, 3.8) is 0 Å². The first-order chi connectivity index (χ1) is 8.99. The zero-order valence-electron chi connectivity index (χ0n) is 12.3. The summed E-state index contributed by atoms with van der Waals surface area (Å²) in [5, 5.41) is 2.86. The quantitative estimate of drug-likeness (QED) is 0.804. The Bertz CT molecular complexity index is 396. The minimum Gasteiger partial charge on any atom is -0.354 e. The number of nitrogens with one attached hydrogen (secondary N) is 1. The molecule has 1 aromatic rings. The molecule has 0 aliphatic carbocycles. The highest BCUT2D eigenvalue weighted by molar-refractivity contribution is 5.94. The fourth-order valence-corrected chi connectivity index (χ4v) is 1.88. The van der Waals surface area contributed by atoms with Gasteiger partial charge in [0.05, 0.1) is 6.04 Å². The zero-order chi connectivity index (χ0) is 14.4. The Morgan fingerprint density at radius 1 is 1.05 bits per heavy atom. The molecule has 0 heterocycles. The van der Waals surface area contributed by atoms with E-state index in [1.807, 2.05) is 31.2 Å². The van der Waals surface area contributed by atoms with Gasteiger partial charge in [-0.3, -0.25) is 4.79 Å². The average molecular weight is 265 g/mol. The number of ether oxygens (including phenoxy) is 2. The standard InChI is InChI=1S/C15H23NO3/c1-10(2)12-6-8-13(9-7-12)14(17)16-11(3)15(18-4)19-5/h6-11,15H,1-5H3,(H,16,17). The van der Waals surface area contributed by atoms with Crippen LogP contribution in [0.2, 0.25) is 0 Å². The van der Waals surface area contributed by atoms with Crippen LogP contribution < -0.4 is 5.32 Å². The van der Waals surface area contributed by atoms with Gasteiger partial charge in [-0.1, -0.05) is 26.0 Å². The minimum atomic E-state index is -0.445. The first kappa shape index (κ1) is 15.7. The van der Waals surface area contributed by atoms with Crippen molar-refractivity contribution in [1.82, 2.24) is 5.32 Å². The van der Waals surface area contributed by atoms with Gasteiger partial charge >= 0.3 is 0 Å². The molecule has 0 aliphatic heterocycles. The Kier molecular flexibility index (Phi) is 5.99. The Morgan fingerprint density at radius 3 is 2.00 bits per heavy atom. The highest BCUT2D eigenvalue weighted by Crippen LogP contribution is 2.14. The lowest BCUT2D eigenvalue weighted by Gasteiger charge is -2.22. The van der Waals surface area contributed by atoms with Gasteiger partial charge < -0.3 is 14.8 Å². The maximum absolute atomic E-state index is 12.1. The summed E-state index contributed by atoms with van der Waals surface area (Å²) in [5.74, 6) is 0.337. The third kappa shape index (κ3) is 4.33. The predicted octanol–water partition coefficient (Wildman–Crippen LogP) is 2.55. The van der Waals surface area contributed by atoms with E-state index in [2.05, 4.69) is 19.2 Å². The third-order valence-electron chi connectivity index (χ3n) is 3.07. The van der Waals surface area contributed by atoms with Gasteiger partial charge in [0.2, 0.25) is 0 Å². The molecule has 1 unspecified atom stereocenters. The van der Waals surface area contributed by atoms with Crippen molar-refractivity contribution >= 4 is 5.91 Å². The topological polar surface area (TPSA) is 47.6 Å². The van der Waals surface area contributed by atoms with E-state index in [1.165, 1.54) is 5.56 Å².